The summed E-state index contributed by atoms with van der Waals surface area (Å²) in [5, 5.41) is 20.8. The van der Waals surface area contributed by atoms with E-state index in [-0.39, 0.29) is 11.7 Å². The Labute approximate surface area is 175 Å². The number of hydrogen-bond donors (Lipinski definition) is 7. The van der Waals surface area contributed by atoms with E-state index in [1.807, 2.05) is 0 Å². The maximum atomic E-state index is 11.9. The molecule has 19 heteroatoms. The molecule has 0 aliphatic carbocycles. The van der Waals surface area contributed by atoms with Crippen molar-refractivity contribution in [1.82, 2.24) is 4.90 Å². The van der Waals surface area contributed by atoms with Gasteiger partial charge in [0.15, 0.2) is 6.23 Å². The maximum Gasteiger partial charge on any atom is 0.490 e. The number of rotatable bonds is 8. The van der Waals surface area contributed by atoms with Crippen molar-refractivity contribution >= 4 is 29.3 Å². The molecule has 0 aromatic rings. The molecule has 178 valence electrons. The summed E-state index contributed by atoms with van der Waals surface area (Å²) in [6.45, 7) is 5.49. The van der Waals surface area contributed by atoms with Crippen LogP contribution in [0.25, 0.3) is 0 Å². The van der Waals surface area contributed by atoms with Crippen molar-refractivity contribution in [2.45, 2.75) is 37.9 Å². The molecule has 2 rings (SSSR count). The zero-order chi connectivity index (χ0) is 24.0. The molecule has 0 spiro atoms. The van der Waals surface area contributed by atoms with Crippen molar-refractivity contribution in [3.05, 3.63) is 24.2 Å². The highest BCUT2D eigenvalue weighted by Gasteiger charge is 2.55. The summed E-state index contributed by atoms with van der Waals surface area (Å²) in [4.78, 5) is 41.0. The van der Waals surface area contributed by atoms with Gasteiger partial charge in [0, 0.05) is 11.8 Å². The van der Waals surface area contributed by atoms with E-state index in [2.05, 4.69) is 24.7 Å². The lowest BCUT2D eigenvalue weighted by Crippen LogP contribution is -2.44. The summed E-state index contributed by atoms with van der Waals surface area (Å²) in [7, 11) is -16.7. The van der Waals surface area contributed by atoms with Crippen molar-refractivity contribution < 1.29 is 61.4 Å². The van der Waals surface area contributed by atoms with Crippen LogP contribution in [-0.4, -0.2) is 71.2 Å². The number of hydrogen-bond acceptors (Lipinski definition) is 12. The van der Waals surface area contributed by atoms with Gasteiger partial charge in [0.2, 0.25) is 0 Å². The van der Waals surface area contributed by atoms with Crippen LogP contribution >= 0.6 is 23.5 Å². The third kappa shape index (κ3) is 6.53. The number of phosphoric acid groups is 3. The summed E-state index contributed by atoms with van der Waals surface area (Å²) in [6.07, 6.45) is -3.12. The molecule has 1 fully saturated rings. The van der Waals surface area contributed by atoms with Crippen molar-refractivity contribution in [3.63, 3.8) is 0 Å². The molecule has 2 aliphatic rings. The topological polar surface area (TPSA) is 251 Å². The third-order valence-electron chi connectivity index (χ3n) is 4.12. The minimum Gasteiger partial charge on any atom is -0.387 e. The highest BCUT2D eigenvalue weighted by Crippen LogP contribution is 2.66. The number of nitrogens with two attached hydrogens (primary N) is 1. The zero-order valence-corrected chi connectivity index (χ0v) is 18.8. The molecule has 0 amide bonds. The molecule has 1 saturated heterocycles. The summed E-state index contributed by atoms with van der Waals surface area (Å²) in [5.74, 6) is 0.237. The highest BCUT2D eigenvalue weighted by atomic mass is 31.3. The lowest BCUT2D eigenvalue weighted by atomic mass is 9.98. The van der Waals surface area contributed by atoms with Crippen LogP contribution in [0.4, 0.5) is 0 Å². The summed E-state index contributed by atoms with van der Waals surface area (Å²) >= 11 is 0. The second-order valence-electron chi connectivity index (χ2n) is 6.75. The maximum absolute atomic E-state index is 11.9. The molecule has 6 atom stereocenters. The number of phosphoric ester groups is 1. The molecular formula is C12H22N3O13P3. The first kappa shape index (κ1) is 26.3. The molecule has 2 aliphatic heterocycles. The Balaban J connectivity index is 2.11. The average molecular weight is 509 g/mol. The van der Waals surface area contributed by atoms with Crippen molar-refractivity contribution in [3.8, 4) is 0 Å². The van der Waals surface area contributed by atoms with E-state index in [0.717, 1.165) is 0 Å². The van der Waals surface area contributed by atoms with Crippen LogP contribution in [0.1, 0.15) is 13.8 Å². The summed E-state index contributed by atoms with van der Waals surface area (Å²) in [5.41, 5.74) is 4.32. The van der Waals surface area contributed by atoms with E-state index in [0.29, 0.717) is 5.57 Å². The van der Waals surface area contributed by atoms with Crippen molar-refractivity contribution in [1.29, 1.82) is 0 Å². The molecule has 16 nitrogen and oxygen atoms in total. The number of aliphatic imine (C=N–C) groups is 1. The van der Waals surface area contributed by atoms with E-state index in [1.165, 1.54) is 18.0 Å². The fourth-order valence-corrected chi connectivity index (χ4v) is 5.75. The molecule has 8 N–H and O–H groups in total. The fraction of sp³-hybridized carbons (Fsp3) is 0.583. The van der Waals surface area contributed by atoms with Gasteiger partial charge in [-0.05, 0) is 13.8 Å². The summed E-state index contributed by atoms with van der Waals surface area (Å²) in [6, 6.07) is 0. The SMILES string of the molecule is C=C1N=C(N)C(C)=CN1[C@@H]1O[C@](C)(COP(=O)(O)OP(=O)(O)OP(=O)(O)O)[C@H](O)C1O. The molecule has 0 aromatic heterocycles. The van der Waals surface area contributed by atoms with Gasteiger partial charge in [-0.1, -0.05) is 6.58 Å². The Morgan fingerprint density at radius 1 is 1.23 bits per heavy atom. The normalized spacial score (nSPS) is 33.5. The Bertz CT molecular complexity index is 947. The first-order chi connectivity index (χ1) is 13.9. The summed E-state index contributed by atoms with van der Waals surface area (Å²) < 4.78 is 51.2. The minimum atomic E-state index is -5.71. The Kier molecular flexibility index (Phi) is 7.43. The monoisotopic (exact) mass is 509 g/mol. The van der Waals surface area contributed by atoms with E-state index < -0.39 is 54.1 Å². The predicted molar refractivity (Wildman–Crippen MR) is 101 cm³/mol. The van der Waals surface area contributed by atoms with Crippen LogP contribution in [0.3, 0.4) is 0 Å². The Hall–Kier alpha value is -0.960. The van der Waals surface area contributed by atoms with Gasteiger partial charge in [0.05, 0.1) is 6.61 Å². The molecular weight excluding hydrogens is 487 g/mol. The van der Waals surface area contributed by atoms with Gasteiger partial charge in [-0.2, -0.15) is 8.62 Å². The van der Waals surface area contributed by atoms with Crippen molar-refractivity contribution in [2.75, 3.05) is 6.61 Å². The lowest BCUT2D eigenvalue weighted by Gasteiger charge is -2.33. The second-order valence-corrected chi connectivity index (χ2v) is 11.2. The Morgan fingerprint density at radius 2 is 1.81 bits per heavy atom. The van der Waals surface area contributed by atoms with Gasteiger partial charge in [-0.3, -0.25) is 4.52 Å². The molecule has 0 aromatic carbocycles. The Morgan fingerprint density at radius 3 is 2.35 bits per heavy atom. The highest BCUT2D eigenvalue weighted by molar-refractivity contribution is 7.66. The molecule has 0 radical (unpaired) electrons. The van der Waals surface area contributed by atoms with Crippen LogP contribution in [0.5, 0.6) is 0 Å². The van der Waals surface area contributed by atoms with E-state index in [1.54, 1.807) is 6.92 Å². The van der Waals surface area contributed by atoms with Crippen LogP contribution < -0.4 is 5.73 Å². The van der Waals surface area contributed by atoms with Gasteiger partial charge in [0.1, 0.15) is 29.5 Å². The average Bonchev–Trinajstić information content (AvgIpc) is 2.78. The fourth-order valence-electron chi connectivity index (χ4n) is 2.64. The second kappa shape index (κ2) is 8.76. The molecule has 3 unspecified atom stereocenters. The zero-order valence-electron chi connectivity index (χ0n) is 16.1. The van der Waals surface area contributed by atoms with Gasteiger partial charge >= 0.3 is 23.5 Å². The first-order valence-electron chi connectivity index (χ1n) is 8.18. The van der Waals surface area contributed by atoms with Crippen LogP contribution in [0.15, 0.2) is 29.2 Å². The van der Waals surface area contributed by atoms with E-state index >= 15 is 0 Å². The first-order valence-corrected chi connectivity index (χ1v) is 12.7. The third-order valence-corrected chi connectivity index (χ3v) is 7.90. The largest absolute Gasteiger partial charge is 0.490 e. The number of aliphatic hydroxyl groups excluding tert-OH is 2. The van der Waals surface area contributed by atoms with Crippen LogP contribution in [-0.2, 0) is 31.6 Å². The number of aliphatic hydroxyl groups is 2. The minimum absolute atomic E-state index is 0.0662. The van der Waals surface area contributed by atoms with Crippen molar-refractivity contribution in [2.24, 2.45) is 10.7 Å². The van der Waals surface area contributed by atoms with Gasteiger partial charge in [0.25, 0.3) is 0 Å². The molecule has 0 bridgehead atoms. The predicted octanol–water partition coefficient (Wildman–Crippen LogP) is -0.786. The van der Waals surface area contributed by atoms with Gasteiger partial charge in [-0.15, -0.1) is 0 Å². The van der Waals surface area contributed by atoms with E-state index in [4.69, 9.17) is 25.2 Å². The number of amidine groups is 1. The van der Waals surface area contributed by atoms with E-state index in [9.17, 15) is 28.8 Å². The number of nitrogens with zero attached hydrogens (tertiary/aromatic N) is 2. The molecule has 2 heterocycles. The molecule has 31 heavy (non-hydrogen) atoms. The van der Waals surface area contributed by atoms with Crippen LogP contribution in [0.2, 0.25) is 0 Å². The quantitative estimate of drug-likeness (QED) is 0.198. The van der Waals surface area contributed by atoms with Crippen LogP contribution in [0, 0.1) is 0 Å². The lowest BCUT2D eigenvalue weighted by molar-refractivity contribution is -0.122. The number of ether oxygens (including phenoxy) is 1. The standard InChI is InChI=1S/C12H22N3O13P3/c1-6-4-15(7(2)14-10(6)13)11-8(16)9(17)12(3,26-11)5-25-30(21,22)28-31(23,24)27-29(18,19)20/h4,8-9,11,16-17H,2,5H2,1,3H3,(H2,13,14)(H,21,22)(H,23,24)(H2,18,19,20)/t8?,9-,11-,12-/m1/s1. The van der Waals surface area contributed by atoms with Gasteiger partial charge in [-0.25, -0.2) is 18.7 Å². The van der Waals surface area contributed by atoms with Gasteiger partial charge < -0.3 is 45.2 Å². The molecule has 0 saturated carbocycles. The smallest absolute Gasteiger partial charge is 0.387 e.